The number of rotatable bonds is 4. The molecule has 152 valence electrons. The lowest BCUT2D eigenvalue weighted by atomic mass is 9.86. The number of ether oxygens (including phenoxy) is 1. The highest BCUT2D eigenvalue weighted by molar-refractivity contribution is 8.15. The van der Waals surface area contributed by atoms with Gasteiger partial charge in [0.25, 0.3) is 0 Å². The molecule has 0 aliphatic carbocycles. The molecule has 8 heteroatoms. The van der Waals surface area contributed by atoms with E-state index in [1.807, 2.05) is 31.3 Å². The summed E-state index contributed by atoms with van der Waals surface area (Å²) in [5, 5.41) is 9.30. The second-order valence-electron chi connectivity index (χ2n) is 7.05. The van der Waals surface area contributed by atoms with Crippen molar-refractivity contribution < 1.29 is 18.3 Å². The highest BCUT2D eigenvalue weighted by Gasteiger charge is 2.56. The molecular formula is C21H21F2N3O2S. The lowest BCUT2D eigenvalue weighted by molar-refractivity contribution is -0.134. The highest BCUT2D eigenvalue weighted by Crippen LogP contribution is 2.57. The zero-order valence-corrected chi connectivity index (χ0v) is 16.9. The first-order valence-electron chi connectivity index (χ1n) is 9.38. The zero-order chi connectivity index (χ0) is 20.6. The van der Waals surface area contributed by atoms with E-state index in [9.17, 15) is 13.6 Å². The van der Waals surface area contributed by atoms with E-state index in [4.69, 9.17) is 4.74 Å². The number of nitrogens with zero attached hydrogens (tertiary/aromatic N) is 2. The van der Waals surface area contributed by atoms with Gasteiger partial charge in [0.05, 0.1) is 6.61 Å². The van der Waals surface area contributed by atoms with E-state index in [0.717, 1.165) is 30.2 Å². The SMILES string of the molecule is CNCC[C@@H]1COc2ccccc2[C@@]12SC(c1cc(F)ccc1F)=NN2C(C)=O. The Morgan fingerprint density at radius 2 is 2.14 bits per heavy atom. The predicted octanol–water partition coefficient (Wildman–Crippen LogP) is 3.69. The van der Waals surface area contributed by atoms with Crippen LogP contribution in [0.4, 0.5) is 8.78 Å². The second-order valence-corrected chi connectivity index (χ2v) is 8.27. The zero-order valence-electron chi connectivity index (χ0n) is 16.1. The number of fused-ring (bicyclic) bond motifs is 2. The third-order valence-electron chi connectivity index (χ3n) is 5.22. The minimum absolute atomic E-state index is 0.0504. The van der Waals surface area contributed by atoms with E-state index in [1.165, 1.54) is 23.7 Å². The minimum atomic E-state index is -0.883. The van der Waals surface area contributed by atoms with Crippen LogP contribution in [0.2, 0.25) is 0 Å². The van der Waals surface area contributed by atoms with E-state index < -0.39 is 16.5 Å². The molecule has 4 rings (SSSR count). The van der Waals surface area contributed by atoms with E-state index in [0.29, 0.717) is 18.9 Å². The van der Waals surface area contributed by atoms with Gasteiger partial charge in [0.15, 0.2) is 4.87 Å². The topological polar surface area (TPSA) is 53.9 Å². The number of carbonyl (C=O) groups excluding carboxylic acids is 1. The molecule has 0 bridgehead atoms. The van der Waals surface area contributed by atoms with E-state index >= 15 is 0 Å². The summed E-state index contributed by atoms with van der Waals surface area (Å²) in [5.41, 5.74) is 0.859. The van der Waals surface area contributed by atoms with Crippen molar-refractivity contribution in [3.63, 3.8) is 0 Å². The normalized spacial score (nSPS) is 23.0. The number of halogens is 2. The number of thioether (sulfide) groups is 1. The maximum atomic E-state index is 14.5. The molecule has 2 aliphatic rings. The highest BCUT2D eigenvalue weighted by atomic mass is 32.2. The fourth-order valence-electron chi connectivity index (χ4n) is 3.89. The van der Waals surface area contributed by atoms with Crippen molar-refractivity contribution in [1.82, 2.24) is 10.3 Å². The molecule has 29 heavy (non-hydrogen) atoms. The van der Waals surface area contributed by atoms with Gasteiger partial charge in [0.1, 0.15) is 22.4 Å². The number of carbonyl (C=O) groups is 1. The van der Waals surface area contributed by atoms with Crippen molar-refractivity contribution in [2.24, 2.45) is 11.0 Å². The van der Waals surface area contributed by atoms with Crippen LogP contribution in [0.1, 0.15) is 24.5 Å². The third kappa shape index (κ3) is 3.30. The molecule has 2 aromatic carbocycles. The molecule has 2 aromatic rings. The van der Waals surface area contributed by atoms with Gasteiger partial charge in [0.2, 0.25) is 5.91 Å². The summed E-state index contributed by atoms with van der Waals surface area (Å²) in [7, 11) is 1.86. The fourth-order valence-corrected chi connectivity index (χ4v) is 5.46. The van der Waals surface area contributed by atoms with Gasteiger partial charge in [-0.15, -0.1) is 0 Å². The van der Waals surface area contributed by atoms with Gasteiger partial charge in [-0.25, -0.2) is 13.8 Å². The lowest BCUT2D eigenvalue weighted by Gasteiger charge is -2.45. The van der Waals surface area contributed by atoms with Gasteiger partial charge in [-0.05, 0) is 44.3 Å². The van der Waals surface area contributed by atoms with Crippen molar-refractivity contribution in [3.05, 3.63) is 65.2 Å². The van der Waals surface area contributed by atoms with Gasteiger partial charge in [-0.3, -0.25) is 4.79 Å². The van der Waals surface area contributed by atoms with Crippen molar-refractivity contribution in [2.45, 2.75) is 18.2 Å². The van der Waals surface area contributed by atoms with Crippen molar-refractivity contribution in [2.75, 3.05) is 20.2 Å². The average Bonchev–Trinajstić information content (AvgIpc) is 3.11. The van der Waals surface area contributed by atoms with E-state index in [1.54, 1.807) is 0 Å². The first kappa shape index (κ1) is 19.8. The Balaban J connectivity index is 1.87. The number of benzene rings is 2. The average molecular weight is 417 g/mol. The van der Waals surface area contributed by atoms with Crippen LogP contribution in [0.3, 0.4) is 0 Å². The molecular weight excluding hydrogens is 396 g/mol. The van der Waals surface area contributed by atoms with Gasteiger partial charge in [0, 0.05) is 24.0 Å². The monoisotopic (exact) mass is 417 g/mol. The summed E-state index contributed by atoms with van der Waals surface area (Å²) in [4.78, 5) is 11.8. The van der Waals surface area contributed by atoms with Crippen molar-refractivity contribution in [3.8, 4) is 5.75 Å². The number of hydrazone groups is 1. The Hall–Kier alpha value is -2.45. The lowest BCUT2D eigenvalue weighted by Crippen LogP contribution is -2.51. The molecule has 0 aromatic heterocycles. The third-order valence-corrected chi connectivity index (χ3v) is 6.76. The predicted molar refractivity (Wildman–Crippen MR) is 109 cm³/mol. The van der Waals surface area contributed by atoms with Crippen molar-refractivity contribution >= 4 is 22.7 Å². The summed E-state index contributed by atoms with van der Waals surface area (Å²) in [6.45, 7) is 2.54. The van der Waals surface area contributed by atoms with Gasteiger partial charge in [-0.1, -0.05) is 30.0 Å². The number of amides is 1. The second kappa shape index (κ2) is 7.76. The standard InChI is InChI=1S/C21H21F2N3O2S/c1-13(27)26-21(29-20(25-26)16-11-15(22)7-8-18(16)23)14(9-10-24-2)12-28-19-6-4-3-5-17(19)21/h3-8,11,14,24H,9-10,12H2,1-2H3/t14-,21+/m1/s1. The minimum Gasteiger partial charge on any atom is -0.493 e. The Morgan fingerprint density at radius 1 is 1.34 bits per heavy atom. The summed E-state index contributed by atoms with van der Waals surface area (Å²) >= 11 is 1.29. The molecule has 1 amide bonds. The first-order valence-corrected chi connectivity index (χ1v) is 10.2. The largest absolute Gasteiger partial charge is 0.493 e. The molecule has 2 heterocycles. The Bertz CT molecular complexity index is 984. The maximum absolute atomic E-state index is 14.5. The Labute approximate surface area is 172 Å². The summed E-state index contributed by atoms with van der Waals surface area (Å²) in [5.74, 6) is -0.834. The quantitative estimate of drug-likeness (QED) is 0.825. The number of hydrogen-bond acceptors (Lipinski definition) is 5. The molecule has 1 N–H and O–H groups in total. The van der Waals surface area contributed by atoms with Gasteiger partial charge < -0.3 is 10.1 Å². The number of para-hydroxylation sites is 1. The van der Waals surface area contributed by atoms with Gasteiger partial charge in [-0.2, -0.15) is 5.10 Å². The fraction of sp³-hybridized carbons (Fsp3) is 0.333. The molecule has 0 saturated carbocycles. The van der Waals surface area contributed by atoms with Crippen LogP contribution in [-0.4, -0.2) is 36.2 Å². The maximum Gasteiger partial charge on any atom is 0.241 e. The van der Waals surface area contributed by atoms with Crippen LogP contribution >= 0.6 is 11.8 Å². The Kier molecular flexibility index (Phi) is 5.31. The van der Waals surface area contributed by atoms with Crippen LogP contribution in [0.5, 0.6) is 5.75 Å². The first-order chi connectivity index (χ1) is 14.0. The Morgan fingerprint density at radius 3 is 2.90 bits per heavy atom. The smallest absolute Gasteiger partial charge is 0.241 e. The van der Waals surface area contributed by atoms with Crippen LogP contribution in [0, 0.1) is 17.6 Å². The van der Waals surface area contributed by atoms with E-state index in [-0.39, 0.29) is 22.4 Å². The molecule has 2 aliphatic heterocycles. The van der Waals surface area contributed by atoms with Crippen LogP contribution in [0.15, 0.2) is 47.6 Å². The summed E-state index contributed by atoms with van der Waals surface area (Å²) < 4.78 is 34.3. The van der Waals surface area contributed by atoms with Crippen LogP contribution in [-0.2, 0) is 9.67 Å². The molecule has 0 saturated heterocycles. The molecule has 5 nitrogen and oxygen atoms in total. The number of nitrogens with one attached hydrogen (secondary N) is 1. The van der Waals surface area contributed by atoms with E-state index in [2.05, 4.69) is 10.4 Å². The summed E-state index contributed by atoms with van der Waals surface area (Å²) in [6.07, 6.45) is 0.718. The number of hydrogen-bond donors (Lipinski definition) is 1. The van der Waals surface area contributed by atoms with Crippen LogP contribution < -0.4 is 10.1 Å². The molecule has 0 fully saturated rings. The molecule has 1 spiro atoms. The van der Waals surface area contributed by atoms with Crippen molar-refractivity contribution in [1.29, 1.82) is 0 Å². The summed E-state index contributed by atoms with van der Waals surface area (Å²) in [6, 6.07) is 10.8. The van der Waals surface area contributed by atoms with Crippen LogP contribution in [0.25, 0.3) is 0 Å². The molecule has 0 unspecified atom stereocenters. The molecule has 0 radical (unpaired) electrons. The van der Waals surface area contributed by atoms with Gasteiger partial charge >= 0.3 is 0 Å². The molecule has 2 atom stereocenters.